The zero-order valence-corrected chi connectivity index (χ0v) is 14.7. The molecule has 0 spiro atoms. The summed E-state index contributed by atoms with van der Waals surface area (Å²) in [6, 6.07) is 17.6. The second-order valence-electron chi connectivity index (χ2n) is 6.55. The Kier molecular flexibility index (Phi) is 5.94. The highest BCUT2D eigenvalue weighted by atomic mass is 16.5. The van der Waals surface area contributed by atoms with Crippen molar-refractivity contribution >= 4 is 5.91 Å². The number of hydrogen-bond donors (Lipinski definition) is 0. The van der Waals surface area contributed by atoms with Crippen LogP contribution in [0.3, 0.4) is 0 Å². The standard InChI is InChI=1S/C21H25NO3/c1-17-7-9-20(10-8-17)25-16-21(23)22-13-11-18(12-14-22)15-24-19-5-3-2-4-6-19/h2-10,18H,11-16H2,1H3. The van der Waals surface area contributed by atoms with Crippen molar-refractivity contribution in [3.05, 3.63) is 60.2 Å². The van der Waals surface area contributed by atoms with Gasteiger partial charge in [0.1, 0.15) is 11.5 Å². The van der Waals surface area contributed by atoms with Gasteiger partial charge >= 0.3 is 0 Å². The predicted molar refractivity (Wildman–Crippen MR) is 97.9 cm³/mol. The average molecular weight is 339 g/mol. The minimum absolute atomic E-state index is 0.0583. The summed E-state index contributed by atoms with van der Waals surface area (Å²) in [4.78, 5) is 14.2. The Bertz CT molecular complexity index is 661. The molecule has 0 N–H and O–H groups in total. The smallest absolute Gasteiger partial charge is 0.260 e. The van der Waals surface area contributed by atoms with Gasteiger partial charge in [0.15, 0.2) is 6.61 Å². The maximum Gasteiger partial charge on any atom is 0.260 e. The van der Waals surface area contributed by atoms with Crippen molar-refractivity contribution in [1.82, 2.24) is 4.90 Å². The Balaban J connectivity index is 1.38. The molecule has 25 heavy (non-hydrogen) atoms. The van der Waals surface area contributed by atoms with E-state index in [9.17, 15) is 4.79 Å². The minimum Gasteiger partial charge on any atom is -0.493 e. The number of ether oxygens (including phenoxy) is 2. The summed E-state index contributed by atoms with van der Waals surface area (Å²) in [6.45, 7) is 4.40. The SMILES string of the molecule is Cc1ccc(OCC(=O)N2CCC(COc3ccccc3)CC2)cc1. The Morgan fingerprint density at radius 2 is 1.60 bits per heavy atom. The first-order chi connectivity index (χ1) is 12.2. The fourth-order valence-electron chi connectivity index (χ4n) is 2.95. The first-order valence-electron chi connectivity index (χ1n) is 8.86. The highest BCUT2D eigenvalue weighted by molar-refractivity contribution is 5.77. The predicted octanol–water partition coefficient (Wildman–Crippen LogP) is 3.69. The molecule has 0 aromatic heterocycles. The van der Waals surface area contributed by atoms with E-state index in [1.54, 1.807) is 0 Å². The fourth-order valence-corrected chi connectivity index (χ4v) is 2.95. The second kappa shape index (κ2) is 8.56. The van der Waals surface area contributed by atoms with Crippen molar-refractivity contribution in [3.8, 4) is 11.5 Å². The molecule has 0 atom stereocenters. The van der Waals surface area contributed by atoms with Gasteiger partial charge in [-0.25, -0.2) is 0 Å². The Morgan fingerprint density at radius 1 is 0.960 bits per heavy atom. The summed E-state index contributed by atoms with van der Waals surface area (Å²) in [7, 11) is 0. The summed E-state index contributed by atoms with van der Waals surface area (Å²) in [5.41, 5.74) is 1.18. The van der Waals surface area contributed by atoms with E-state index >= 15 is 0 Å². The molecule has 0 aliphatic carbocycles. The van der Waals surface area contributed by atoms with Gasteiger partial charge in [-0.2, -0.15) is 0 Å². The number of aryl methyl sites for hydroxylation is 1. The Hall–Kier alpha value is -2.49. The number of likely N-dealkylation sites (tertiary alicyclic amines) is 1. The van der Waals surface area contributed by atoms with Gasteiger partial charge in [0.2, 0.25) is 0 Å². The fraction of sp³-hybridized carbons (Fsp3) is 0.381. The van der Waals surface area contributed by atoms with Crippen LogP contribution in [0, 0.1) is 12.8 Å². The van der Waals surface area contributed by atoms with Gasteiger partial charge in [0.25, 0.3) is 5.91 Å². The van der Waals surface area contributed by atoms with Gasteiger partial charge in [0, 0.05) is 13.1 Å². The molecule has 3 rings (SSSR count). The molecule has 2 aromatic carbocycles. The first-order valence-corrected chi connectivity index (χ1v) is 8.86. The number of para-hydroxylation sites is 1. The lowest BCUT2D eigenvalue weighted by Crippen LogP contribution is -2.41. The van der Waals surface area contributed by atoms with Gasteiger partial charge in [-0.15, -0.1) is 0 Å². The van der Waals surface area contributed by atoms with Crippen molar-refractivity contribution in [2.24, 2.45) is 5.92 Å². The van der Waals surface area contributed by atoms with Gasteiger partial charge in [-0.1, -0.05) is 35.9 Å². The molecule has 0 saturated carbocycles. The van der Waals surface area contributed by atoms with Gasteiger partial charge in [-0.05, 0) is 49.9 Å². The van der Waals surface area contributed by atoms with Crippen LogP contribution in [0.4, 0.5) is 0 Å². The van der Waals surface area contributed by atoms with Crippen molar-refractivity contribution < 1.29 is 14.3 Å². The third-order valence-electron chi connectivity index (χ3n) is 4.58. The minimum atomic E-state index is 0.0583. The maximum absolute atomic E-state index is 12.3. The molecule has 0 bridgehead atoms. The monoisotopic (exact) mass is 339 g/mol. The van der Waals surface area contributed by atoms with E-state index in [2.05, 4.69) is 0 Å². The number of benzene rings is 2. The molecular formula is C21H25NO3. The molecule has 0 unspecified atom stereocenters. The van der Waals surface area contributed by atoms with Crippen LogP contribution in [0.2, 0.25) is 0 Å². The molecule has 132 valence electrons. The molecule has 1 saturated heterocycles. The third kappa shape index (κ3) is 5.24. The van der Waals surface area contributed by atoms with Gasteiger partial charge in [0.05, 0.1) is 6.61 Å². The van der Waals surface area contributed by atoms with Crippen LogP contribution in [0.15, 0.2) is 54.6 Å². The molecule has 2 aromatic rings. The van der Waals surface area contributed by atoms with Crippen LogP contribution in [-0.4, -0.2) is 37.1 Å². The van der Waals surface area contributed by atoms with E-state index < -0.39 is 0 Å². The maximum atomic E-state index is 12.3. The molecule has 1 amide bonds. The quantitative estimate of drug-likeness (QED) is 0.806. The van der Waals surface area contributed by atoms with Crippen LogP contribution in [-0.2, 0) is 4.79 Å². The van der Waals surface area contributed by atoms with Crippen LogP contribution < -0.4 is 9.47 Å². The second-order valence-corrected chi connectivity index (χ2v) is 6.55. The lowest BCUT2D eigenvalue weighted by molar-refractivity contribution is -0.134. The van der Waals surface area contributed by atoms with Crippen molar-refractivity contribution in [1.29, 1.82) is 0 Å². The summed E-state index contributed by atoms with van der Waals surface area (Å²) in [5.74, 6) is 2.21. The first kappa shape index (κ1) is 17.3. The molecule has 4 nitrogen and oxygen atoms in total. The molecule has 1 fully saturated rings. The molecule has 1 aliphatic heterocycles. The highest BCUT2D eigenvalue weighted by Crippen LogP contribution is 2.20. The molecular weight excluding hydrogens is 314 g/mol. The van der Waals surface area contributed by atoms with Crippen molar-refractivity contribution in [3.63, 3.8) is 0 Å². The van der Waals surface area contributed by atoms with E-state index in [-0.39, 0.29) is 12.5 Å². The molecule has 0 radical (unpaired) electrons. The topological polar surface area (TPSA) is 38.8 Å². The van der Waals surface area contributed by atoms with E-state index in [0.29, 0.717) is 12.5 Å². The lowest BCUT2D eigenvalue weighted by atomic mass is 9.98. The number of nitrogens with zero attached hydrogens (tertiary/aromatic N) is 1. The number of hydrogen-bond acceptors (Lipinski definition) is 3. The highest BCUT2D eigenvalue weighted by Gasteiger charge is 2.23. The van der Waals surface area contributed by atoms with Gasteiger partial charge in [-0.3, -0.25) is 4.79 Å². The van der Waals surface area contributed by atoms with E-state index in [0.717, 1.165) is 37.4 Å². The van der Waals surface area contributed by atoms with Crippen LogP contribution in [0.1, 0.15) is 18.4 Å². The lowest BCUT2D eigenvalue weighted by Gasteiger charge is -2.31. The number of rotatable bonds is 6. The van der Waals surface area contributed by atoms with Crippen molar-refractivity contribution in [2.45, 2.75) is 19.8 Å². The summed E-state index contributed by atoms with van der Waals surface area (Å²) in [6.07, 6.45) is 1.95. The number of piperidine rings is 1. The van der Waals surface area contributed by atoms with E-state index in [1.165, 1.54) is 5.56 Å². The number of amides is 1. The van der Waals surface area contributed by atoms with Crippen molar-refractivity contribution in [2.75, 3.05) is 26.3 Å². The largest absolute Gasteiger partial charge is 0.493 e. The average Bonchev–Trinajstić information content (AvgIpc) is 2.67. The summed E-state index contributed by atoms with van der Waals surface area (Å²) < 4.78 is 11.4. The van der Waals surface area contributed by atoms with Crippen LogP contribution >= 0.6 is 0 Å². The van der Waals surface area contributed by atoms with E-state index in [4.69, 9.17) is 9.47 Å². The number of carbonyl (C=O) groups is 1. The number of carbonyl (C=O) groups excluding carboxylic acids is 1. The molecule has 1 heterocycles. The molecule has 1 aliphatic rings. The summed E-state index contributed by atoms with van der Waals surface area (Å²) in [5, 5.41) is 0. The third-order valence-corrected chi connectivity index (χ3v) is 4.58. The van der Waals surface area contributed by atoms with Crippen LogP contribution in [0.25, 0.3) is 0 Å². The summed E-state index contributed by atoms with van der Waals surface area (Å²) >= 11 is 0. The zero-order valence-electron chi connectivity index (χ0n) is 14.7. The normalized spacial score (nSPS) is 15.0. The van der Waals surface area contributed by atoms with Gasteiger partial charge < -0.3 is 14.4 Å². The molecule has 4 heteroatoms. The Morgan fingerprint density at radius 3 is 2.28 bits per heavy atom. The zero-order chi connectivity index (χ0) is 17.5. The van der Waals surface area contributed by atoms with Crippen LogP contribution in [0.5, 0.6) is 11.5 Å². The Labute approximate surface area is 149 Å². The van der Waals surface area contributed by atoms with E-state index in [1.807, 2.05) is 66.4 Å².